The van der Waals surface area contributed by atoms with E-state index in [-0.39, 0.29) is 0 Å². The van der Waals surface area contributed by atoms with Gasteiger partial charge in [-0.25, -0.2) is 4.98 Å². The third kappa shape index (κ3) is 2.19. The third-order valence-corrected chi connectivity index (χ3v) is 4.95. The average Bonchev–Trinajstić information content (AvgIpc) is 2.61. The first-order valence-corrected chi connectivity index (χ1v) is 7.07. The lowest BCUT2D eigenvalue weighted by molar-refractivity contribution is 0.442. The Labute approximate surface area is 98.1 Å². The van der Waals surface area contributed by atoms with Gasteiger partial charge in [-0.2, -0.15) is 0 Å². The lowest BCUT2D eigenvalue weighted by Gasteiger charge is -2.18. The predicted octanol–water partition coefficient (Wildman–Crippen LogP) is 4.52. The van der Waals surface area contributed by atoms with Crippen LogP contribution in [0.2, 0.25) is 0 Å². The molecule has 1 aliphatic rings. The average molecular weight is 274 g/mol. The minimum Gasteiger partial charge on any atom is -0.245 e. The normalized spacial score (nSPS) is 18.7. The molecule has 1 nitrogen and oxygen atoms in total. The molecule has 1 aliphatic carbocycles. The molecule has 1 saturated carbocycles. The molecule has 0 aromatic carbocycles. The van der Waals surface area contributed by atoms with Gasteiger partial charge in [0.25, 0.3) is 0 Å². The summed E-state index contributed by atoms with van der Waals surface area (Å²) in [6, 6.07) is 0. The number of halogens is 1. The predicted molar refractivity (Wildman–Crippen MR) is 65.0 cm³/mol. The summed E-state index contributed by atoms with van der Waals surface area (Å²) < 4.78 is 1.25. The Morgan fingerprint density at radius 3 is 2.64 bits per heavy atom. The van der Waals surface area contributed by atoms with Crippen LogP contribution in [0.25, 0.3) is 0 Å². The summed E-state index contributed by atoms with van der Waals surface area (Å²) in [5.41, 5.74) is 1.25. The minimum atomic E-state index is 0.755. The lowest BCUT2D eigenvalue weighted by atomic mass is 9.90. The van der Waals surface area contributed by atoms with Crippen LogP contribution in [0.3, 0.4) is 0 Å². The summed E-state index contributed by atoms with van der Waals surface area (Å²) in [4.78, 5) is 4.72. The number of aromatic nitrogens is 1. The van der Waals surface area contributed by atoms with Gasteiger partial charge >= 0.3 is 0 Å². The summed E-state index contributed by atoms with van der Waals surface area (Å²) >= 11 is 5.45. The Hall–Kier alpha value is 0.110. The van der Waals surface area contributed by atoms with Gasteiger partial charge in [0, 0.05) is 5.92 Å². The van der Waals surface area contributed by atoms with E-state index in [2.05, 4.69) is 22.9 Å². The molecule has 0 aliphatic heterocycles. The molecule has 78 valence electrons. The van der Waals surface area contributed by atoms with E-state index >= 15 is 0 Å². The monoisotopic (exact) mass is 273 g/mol. The Bertz CT molecular complexity index is 302. The molecule has 0 bridgehead atoms. The topological polar surface area (TPSA) is 12.9 Å². The van der Waals surface area contributed by atoms with E-state index in [0.717, 1.165) is 12.3 Å². The zero-order valence-electron chi connectivity index (χ0n) is 8.55. The highest BCUT2D eigenvalue weighted by Crippen LogP contribution is 2.37. The van der Waals surface area contributed by atoms with Crippen molar-refractivity contribution in [3.05, 3.63) is 14.5 Å². The first-order valence-electron chi connectivity index (χ1n) is 5.46. The van der Waals surface area contributed by atoms with Crippen molar-refractivity contribution < 1.29 is 0 Å². The molecule has 0 saturated heterocycles. The molecule has 0 atom stereocenters. The van der Waals surface area contributed by atoms with Gasteiger partial charge in [0.05, 0.1) is 14.5 Å². The summed E-state index contributed by atoms with van der Waals surface area (Å²) in [5, 5.41) is 1.37. The first-order chi connectivity index (χ1) is 6.81. The lowest BCUT2D eigenvalue weighted by Crippen LogP contribution is -2.04. The van der Waals surface area contributed by atoms with E-state index in [0.29, 0.717) is 0 Å². The molecule has 0 unspecified atom stereocenters. The highest BCUT2D eigenvalue weighted by atomic mass is 79.9. The van der Waals surface area contributed by atoms with Crippen molar-refractivity contribution in [3.63, 3.8) is 0 Å². The largest absolute Gasteiger partial charge is 0.245 e. The number of hydrogen-bond donors (Lipinski definition) is 0. The van der Waals surface area contributed by atoms with Crippen LogP contribution in [0, 0.1) is 0 Å². The number of aryl methyl sites for hydroxylation is 1. The zero-order valence-corrected chi connectivity index (χ0v) is 11.0. The second-order valence-corrected chi connectivity index (χ2v) is 6.31. The van der Waals surface area contributed by atoms with Crippen LogP contribution in [0.4, 0.5) is 0 Å². The zero-order chi connectivity index (χ0) is 9.97. The SMILES string of the molecule is CCc1nc(C2CCCCC2)sc1Br. The molecular formula is C11H16BrNS. The van der Waals surface area contributed by atoms with E-state index in [1.807, 2.05) is 11.3 Å². The molecule has 0 radical (unpaired) electrons. The van der Waals surface area contributed by atoms with Crippen LogP contribution in [-0.4, -0.2) is 4.98 Å². The third-order valence-electron chi connectivity index (χ3n) is 2.96. The first kappa shape index (κ1) is 10.6. The maximum Gasteiger partial charge on any atom is 0.0971 e. The van der Waals surface area contributed by atoms with Crippen molar-refractivity contribution in [3.8, 4) is 0 Å². The molecule has 3 heteroatoms. The fraction of sp³-hybridized carbons (Fsp3) is 0.727. The highest BCUT2D eigenvalue weighted by molar-refractivity contribution is 9.11. The Balaban J connectivity index is 2.14. The minimum absolute atomic E-state index is 0.755. The number of nitrogens with zero attached hydrogens (tertiary/aromatic N) is 1. The quantitative estimate of drug-likeness (QED) is 0.772. The number of thiazole rings is 1. The molecule has 14 heavy (non-hydrogen) atoms. The van der Waals surface area contributed by atoms with Gasteiger partial charge in [-0.3, -0.25) is 0 Å². The fourth-order valence-corrected chi connectivity index (χ4v) is 4.01. The molecule has 2 rings (SSSR count). The molecule has 1 heterocycles. The van der Waals surface area contributed by atoms with Crippen LogP contribution < -0.4 is 0 Å². The van der Waals surface area contributed by atoms with Gasteiger partial charge in [0.15, 0.2) is 0 Å². The van der Waals surface area contributed by atoms with Gasteiger partial charge < -0.3 is 0 Å². The molecule has 0 amide bonds. The second kappa shape index (κ2) is 4.75. The van der Waals surface area contributed by atoms with Gasteiger partial charge in [0.1, 0.15) is 0 Å². The second-order valence-electron chi connectivity index (χ2n) is 3.96. The van der Waals surface area contributed by atoms with E-state index < -0.39 is 0 Å². The van der Waals surface area contributed by atoms with E-state index in [1.165, 1.54) is 46.6 Å². The van der Waals surface area contributed by atoms with Crippen LogP contribution in [-0.2, 0) is 6.42 Å². The van der Waals surface area contributed by atoms with Crippen molar-refractivity contribution >= 4 is 27.3 Å². The van der Waals surface area contributed by atoms with Crippen LogP contribution in [0.15, 0.2) is 3.79 Å². The van der Waals surface area contributed by atoms with Crippen molar-refractivity contribution in [2.24, 2.45) is 0 Å². The van der Waals surface area contributed by atoms with Crippen LogP contribution in [0.5, 0.6) is 0 Å². The molecule has 1 aromatic heterocycles. The van der Waals surface area contributed by atoms with Crippen molar-refractivity contribution in [2.75, 3.05) is 0 Å². The summed E-state index contributed by atoms with van der Waals surface area (Å²) in [6.45, 7) is 2.17. The van der Waals surface area contributed by atoms with Gasteiger partial charge in [-0.05, 0) is 35.2 Å². The molecule has 0 N–H and O–H groups in total. The van der Waals surface area contributed by atoms with Crippen molar-refractivity contribution in [1.29, 1.82) is 0 Å². The smallest absolute Gasteiger partial charge is 0.0971 e. The highest BCUT2D eigenvalue weighted by Gasteiger charge is 2.19. The maximum atomic E-state index is 4.72. The van der Waals surface area contributed by atoms with Crippen molar-refractivity contribution in [1.82, 2.24) is 4.98 Å². The number of hydrogen-bond acceptors (Lipinski definition) is 2. The summed E-state index contributed by atoms with van der Waals surface area (Å²) in [6.07, 6.45) is 7.95. The van der Waals surface area contributed by atoms with Crippen molar-refractivity contribution in [2.45, 2.75) is 51.4 Å². The van der Waals surface area contributed by atoms with E-state index in [1.54, 1.807) is 0 Å². The van der Waals surface area contributed by atoms with Gasteiger partial charge in [-0.1, -0.05) is 26.2 Å². The summed E-state index contributed by atoms with van der Waals surface area (Å²) in [7, 11) is 0. The maximum absolute atomic E-state index is 4.72. The Kier molecular flexibility index (Phi) is 3.61. The molecule has 1 fully saturated rings. The Morgan fingerprint density at radius 2 is 2.07 bits per heavy atom. The van der Waals surface area contributed by atoms with Gasteiger partial charge in [-0.15, -0.1) is 11.3 Å². The van der Waals surface area contributed by atoms with Crippen LogP contribution >= 0.6 is 27.3 Å². The standard InChI is InChI=1S/C11H16BrNS/c1-2-9-10(12)14-11(13-9)8-6-4-3-5-7-8/h8H,2-7H2,1H3. The Morgan fingerprint density at radius 1 is 1.36 bits per heavy atom. The van der Waals surface area contributed by atoms with Crippen LogP contribution in [0.1, 0.15) is 55.6 Å². The fourth-order valence-electron chi connectivity index (χ4n) is 2.09. The van der Waals surface area contributed by atoms with Gasteiger partial charge in [0.2, 0.25) is 0 Å². The number of rotatable bonds is 2. The summed E-state index contributed by atoms with van der Waals surface area (Å²) in [5.74, 6) is 0.755. The van der Waals surface area contributed by atoms with E-state index in [9.17, 15) is 0 Å². The molecule has 1 aromatic rings. The molecule has 0 spiro atoms. The van der Waals surface area contributed by atoms with E-state index in [4.69, 9.17) is 4.98 Å². The molecular weight excluding hydrogens is 258 g/mol.